The van der Waals surface area contributed by atoms with Crippen LogP contribution in [0.25, 0.3) is 0 Å². The fraction of sp³-hybridized carbons (Fsp3) is 0.154. The summed E-state index contributed by atoms with van der Waals surface area (Å²) in [5.41, 5.74) is 1.18. The number of urea groups is 1. The number of nitrogens with zero attached hydrogens (tertiary/aromatic N) is 4. The third-order valence-electron chi connectivity index (χ3n) is 2.33. The second-order valence-electron chi connectivity index (χ2n) is 4.11. The molecule has 0 fully saturated rings. The molecule has 140 valence electrons. The molecule has 2 aromatic rings. The molecule has 0 saturated heterocycles. The molecule has 2 rings (SSSR count). The molecule has 13 heteroatoms. The smallest absolute Gasteiger partial charge is 0.362 e. The van der Waals surface area contributed by atoms with Crippen molar-refractivity contribution in [2.45, 2.75) is 0 Å². The number of benzene rings is 1. The van der Waals surface area contributed by atoms with Gasteiger partial charge in [0.05, 0.1) is 12.6 Å². The summed E-state index contributed by atoms with van der Waals surface area (Å²) < 4.78 is 33.8. The largest absolute Gasteiger partial charge is 0.467 e. The number of rotatable bonds is 4. The molecule has 0 aliphatic heterocycles. The second kappa shape index (κ2) is 11.1. The Bertz CT molecular complexity index is 891. The van der Waals surface area contributed by atoms with Crippen molar-refractivity contribution in [3.8, 4) is 11.8 Å². The molecular formula is C13H13Cl2N5O5S. The highest BCUT2D eigenvalue weighted by atomic mass is 35.5. The predicted molar refractivity (Wildman–Crippen MR) is 94.8 cm³/mol. The topological polar surface area (TPSA) is 125 Å². The van der Waals surface area contributed by atoms with Crippen LogP contribution >= 0.6 is 23.2 Å². The van der Waals surface area contributed by atoms with Crippen molar-refractivity contribution in [2.75, 3.05) is 12.4 Å². The standard InChI is InChI=1S/C8H6Cl2O.C5H7N5O4S/c9-6-8(10)11-7-4-2-1-3-5-7;1-10-5(14-2)7-3(8-10)6-4(11)9-15(12)13/h1-6H;1-2H3,(H,6,8,11). The maximum atomic E-state index is 10.8. The summed E-state index contributed by atoms with van der Waals surface area (Å²) in [6.45, 7) is 0. The number of carbonyl (C=O) groups is 1. The molecule has 1 heterocycles. The Morgan fingerprint density at radius 2 is 2.00 bits per heavy atom. The molecule has 10 nitrogen and oxygen atoms in total. The average Bonchev–Trinajstić information content (AvgIpc) is 2.94. The van der Waals surface area contributed by atoms with Crippen LogP contribution in [0, 0.1) is 0 Å². The van der Waals surface area contributed by atoms with Crippen molar-refractivity contribution >= 4 is 45.7 Å². The van der Waals surface area contributed by atoms with E-state index in [4.69, 9.17) is 32.7 Å². The van der Waals surface area contributed by atoms with Gasteiger partial charge < -0.3 is 9.47 Å². The fourth-order valence-corrected chi connectivity index (χ4v) is 1.73. The van der Waals surface area contributed by atoms with E-state index in [1.54, 1.807) is 19.2 Å². The number of halogens is 2. The lowest BCUT2D eigenvalue weighted by Crippen LogP contribution is -2.07. The molecule has 1 N–H and O–H groups in total. The molecule has 1 aromatic heterocycles. The van der Waals surface area contributed by atoms with Crippen LogP contribution in [0.1, 0.15) is 0 Å². The van der Waals surface area contributed by atoms with Crippen LogP contribution < -0.4 is 14.8 Å². The summed E-state index contributed by atoms with van der Waals surface area (Å²) in [5, 5.41) is 5.93. The van der Waals surface area contributed by atoms with Crippen molar-refractivity contribution in [1.82, 2.24) is 14.8 Å². The van der Waals surface area contributed by atoms with Gasteiger partial charge in [-0.25, -0.2) is 9.48 Å². The lowest BCUT2D eigenvalue weighted by atomic mass is 10.3. The van der Waals surface area contributed by atoms with E-state index < -0.39 is 16.5 Å². The van der Waals surface area contributed by atoms with Crippen molar-refractivity contribution in [1.29, 1.82) is 0 Å². The minimum Gasteiger partial charge on any atom is -0.467 e. The zero-order chi connectivity index (χ0) is 19.5. The molecule has 0 spiro atoms. The molecule has 0 saturated carbocycles. The number of aryl methyl sites for hydroxylation is 1. The van der Waals surface area contributed by atoms with Crippen molar-refractivity contribution in [2.24, 2.45) is 11.4 Å². The Labute approximate surface area is 160 Å². The van der Waals surface area contributed by atoms with Gasteiger partial charge in [-0.2, -0.15) is 13.4 Å². The Kier molecular flexibility index (Phi) is 9.12. The van der Waals surface area contributed by atoms with Crippen LogP contribution in [0.15, 0.2) is 45.4 Å². The van der Waals surface area contributed by atoms with E-state index in [0.29, 0.717) is 5.75 Å². The number of nitrogens with one attached hydrogen (secondary N) is 1. The first kappa shape index (κ1) is 21.4. The Balaban J connectivity index is 0.000000273. The average molecular weight is 422 g/mol. The summed E-state index contributed by atoms with van der Waals surface area (Å²) >= 11 is 10.8. The number of amides is 2. The van der Waals surface area contributed by atoms with Gasteiger partial charge in [0.2, 0.25) is 5.22 Å². The van der Waals surface area contributed by atoms with E-state index in [1.165, 1.54) is 17.3 Å². The van der Waals surface area contributed by atoms with Gasteiger partial charge in [-0.05, 0) is 23.7 Å². The normalized spacial score (nSPS) is 10.2. The van der Waals surface area contributed by atoms with Gasteiger partial charge in [-0.1, -0.05) is 34.2 Å². The molecule has 0 unspecified atom stereocenters. The Morgan fingerprint density at radius 3 is 2.50 bits per heavy atom. The Hall–Kier alpha value is -2.63. The molecule has 2 amide bonds. The second-order valence-corrected chi connectivity index (χ2v) is 5.32. The first-order chi connectivity index (χ1) is 12.3. The zero-order valence-electron chi connectivity index (χ0n) is 13.5. The van der Waals surface area contributed by atoms with Crippen LogP contribution in [0.2, 0.25) is 0 Å². The van der Waals surface area contributed by atoms with Crippen LogP contribution in [0.4, 0.5) is 10.7 Å². The van der Waals surface area contributed by atoms with E-state index in [0.717, 1.165) is 0 Å². The summed E-state index contributed by atoms with van der Waals surface area (Å²) in [4.78, 5) is 14.5. The third kappa shape index (κ3) is 7.96. The molecule has 1 aromatic carbocycles. The van der Waals surface area contributed by atoms with Gasteiger partial charge in [-0.15, -0.1) is 5.10 Å². The van der Waals surface area contributed by atoms with Crippen molar-refractivity contribution in [3.05, 3.63) is 41.1 Å². The minimum atomic E-state index is -2.80. The van der Waals surface area contributed by atoms with Gasteiger partial charge in [0.25, 0.3) is 5.95 Å². The van der Waals surface area contributed by atoms with E-state index in [2.05, 4.69) is 14.4 Å². The molecule has 0 bridgehead atoms. The van der Waals surface area contributed by atoms with Crippen LogP contribution in [0.5, 0.6) is 11.8 Å². The lowest BCUT2D eigenvalue weighted by molar-refractivity contribution is 0.259. The summed E-state index contributed by atoms with van der Waals surface area (Å²) in [6, 6.07) is 8.29. The van der Waals surface area contributed by atoms with E-state index in [1.807, 2.05) is 23.5 Å². The number of methoxy groups -OCH3 is 1. The van der Waals surface area contributed by atoms with Crippen molar-refractivity contribution in [3.63, 3.8) is 0 Å². The molecule has 26 heavy (non-hydrogen) atoms. The Morgan fingerprint density at radius 1 is 1.35 bits per heavy atom. The summed E-state index contributed by atoms with van der Waals surface area (Å²) in [7, 11) is 0.127. The minimum absolute atomic E-state index is 0.0893. The summed E-state index contributed by atoms with van der Waals surface area (Å²) in [6.07, 6.45) is 0. The number of hydrogen-bond acceptors (Lipinski definition) is 7. The van der Waals surface area contributed by atoms with E-state index >= 15 is 0 Å². The van der Waals surface area contributed by atoms with Gasteiger partial charge in [0.1, 0.15) is 5.75 Å². The molecule has 0 atom stereocenters. The van der Waals surface area contributed by atoms with Crippen LogP contribution in [0.3, 0.4) is 0 Å². The van der Waals surface area contributed by atoms with Crippen molar-refractivity contribution < 1.29 is 22.7 Å². The highest BCUT2D eigenvalue weighted by Gasteiger charge is 2.09. The maximum absolute atomic E-state index is 10.8. The van der Waals surface area contributed by atoms with Gasteiger partial charge in [0, 0.05) is 7.05 Å². The SMILES string of the molecule is COc1nc(NC(=O)N=S(=O)=O)nn1C.ClC=C(Cl)Oc1ccccc1. The maximum Gasteiger partial charge on any atom is 0.362 e. The lowest BCUT2D eigenvalue weighted by Gasteiger charge is -2.00. The third-order valence-corrected chi connectivity index (χ3v) is 3.14. The van der Waals surface area contributed by atoms with Gasteiger partial charge in [0.15, 0.2) is 0 Å². The number of carbonyl (C=O) groups excluding carboxylic acids is 1. The molecule has 0 aliphatic rings. The number of ether oxygens (including phenoxy) is 2. The highest BCUT2D eigenvalue weighted by molar-refractivity contribution is 7.62. The van der Waals surface area contributed by atoms with Gasteiger partial charge in [-0.3, -0.25) is 5.32 Å². The first-order valence-electron chi connectivity index (χ1n) is 6.61. The van der Waals surface area contributed by atoms with Gasteiger partial charge >= 0.3 is 22.5 Å². The highest BCUT2D eigenvalue weighted by Crippen LogP contribution is 2.15. The molecule has 0 radical (unpaired) electrons. The number of aromatic nitrogens is 3. The van der Waals surface area contributed by atoms with E-state index in [-0.39, 0.29) is 17.2 Å². The first-order valence-corrected chi connectivity index (χ1v) is 8.46. The zero-order valence-corrected chi connectivity index (χ0v) is 15.8. The van der Waals surface area contributed by atoms with Crippen LogP contribution in [-0.4, -0.2) is 36.3 Å². The molecular weight excluding hydrogens is 409 g/mol. The number of hydrogen-bond donors (Lipinski definition) is 1. The number of para-hydroxylation sites is 1. The molecule has 0 aliphatic carbocycles. The summed E-state index contributed by atoms with van der Waals surface area (Å²) in [5.74, 6) is 0.586. The number of anilines is 1. The van der Waals surface area contributed by atoms with Crippen LogP contribution in [-0.2, 0) is 17.5 Å². The predicted octanol–water partition coefficient (Wildman–Crippen LogP) is 2.76. The monoisotopic (exact) mass is 421 g/mol. The quantitative estimate of drug-likeness (QED) is 0.751. The van der Waals surface area contributed by atoms with E-state index in [9.17, 15) is 13.2 Å². The fourth-order valence-electron chi connectivity index (χ4n) is 1.41.